The van der Waals surface area contributed by atoms with Crippen molar-refractivity contribution in [2.75, 3.05) is 0 Å². The fourth-order valence-corrected chi connectivity index (χ4v) is 10.2. The number of nitrogens with zero attached hydrogens (tertiary/aromatic N) is 3. The van der Waals surface area contributed by atoms with Gasteiger partial charge in [0.25, 0.3) is 0 Å². The van der Waals surface area contributed by atoms with E-state index in [4.69, 9.17) is 19.7 Å². The van der Waals surface area contributed by atoms with Crippen LogP contribution in [0.2, 0.25) is 0 Å². The maximum atomic E-state index is 7.25. The van der Waals surface area contributed by atoms with Crippen LogP contribution in [-0.4, -0.2) is 15.0 Å². The number of ether oxygens (including phenoxy) is 1. The predicted molar refractivity (Wildman–Crippen MR) is 251 cm³/mol. The molecule has 4 nitrogen and oxygen atoms in total. The number of aromatic nitrogens is 3. The van der Waals surface area contributed by atoms with Crippen LogP contribution in [0.25, 0.3) is 88.7 Å². The monoisotopic (exact) mass is 789 g/mol. The second kappa shape index (κ2) is 13.4. The first-order chi connectivity index (χ1) is 30.7. The Morgan fingerprint density at radius 2 is 0.903 bits per heavy atom. The zero-order valence-corrected chi connectivity index (χ0v) is 33.5. The van der Waals surface area contributed by atoms with E-state index in [1.54, 1.807) is 0 Å². The molecule has 0 bridgehead atoms. The first-order valence-corrected chi connectivity index (χ1v) is 21.1. The molecule has 3 heterocycles. The molecule has 0 atom stereocenters. The van der Waals surface area contributed by atoms with E-state index in [9.17, 15) is 0 Å². The molecular formula is C58H35N3O. The first-order valence-electron chi connectivity index (χ1n) is 21.1. The normalized spacial score (nSPS) is 13.1. The summed E-state index contributed by atoms with van der Waals surface area (Å²) in [6, 6.07) is 75.3. The second-order valence-corrected chi connectivity index (χ2v) is 16.2. The maximum absolute atomic E-state index is 7.25. The Labute approximate surface area is 358 Å². The van der Waals surface area contributed by atoms with Gasteiger partial charge in [-0.1, -0.05) is 188 Å². The van der Waals surface area contributed by atoms with Gasteiger partial charge in [0.2, 0.25) is 0 Å². The lowest BCUT2D eigenvalue weighted by molar-refractivity contribution is 0.442. The molecule has 0 radical (unpaired) electrons. The Balaban J connectivity index is 1.04. The molecule has 1 spiro atoms. The summed E-state index contributed by atoms with van der Waals surface area (Å²) in [6.45, 7) is 0. The van der Waals surface area contributed by atoms with E-state index in [-0.39, 0.29) is 0 Å². The van der Waals surface area contributed by atoms with E-state index in [2.05, 4.69) is 188 Å². The van der Waals surface area contributed by atoms with Gasteiger partial charge in [-0.15, -0.1) is 0 Å². The Kier molecular flexibility index (Phi) is 7.49. The van der Waals surface area contributed by atoms with Crippen LogP contribution in [0.5, 0.6) is 11.5 Å². The molecule has 0 saturated heterocycles. The van der Waals surface area contributed by atoms with Gasteiger partial charge >= 0.3 is 0 Å². The smallest absolute Gasteiger partial charge is 0.160 e. The molecule has 13 rings (SSSR count). The minimum Gasteiger partial charge on any atom is -0.456 e. The number of para-hydroxylation sites is 2. The Morgan fingerprint density at radius 3 is 1.66 bits per heavy atom. The van der Waals surface area contributed by atoms with Crippen molar-refractivity contribution in [3.8, 4) is 67.7 Å². The number of fused-ring (bicyclic) bond motifs is 14. The van der Waals surface area contributed by atoms with Crippen molar-refractivity contribution >= 4 is 32.6 Å². The van der Waals surface area contributed by atoms with Crippen LogP contribution in [0.1, 0.15) is 22.3 Å². The van der Waals surface area contributed by atoms with E-state index >= 15 is 0 Å². The van der Waals surface area contributed by atoms with Gasteiger partial charge in [-0.05, 0) is 57.6 Å². The summed E-state index contributed by atoms with van der Waals surface area (Å²) in [5.41, 5.74) is 15.7. The molecule has 2 aliphatic rings. The lowest BCUT2D eigenvalue weighted by Crippen LogP contribution is -2.32. The van der Waals surface area contributed by atoms with Crippen molar-refractivity contribution in [3.63, 3.8) is 0 Å². The summed E-state index contributed by atoms with van der Waals surface area (Å²) in [5, 5.41) is 4.17. The first kappa shape index (κ1) is 34.6. The maximum Gasteiger partial charge on any atom is 0.160 e. The highest BCUT2D eigenvalue weighted by molar-refractivity contribution is 6.16. The molecule has 62 heavy (non-hydrogen) atoms. The summed E-state index contributed by atoms with van der Waals surface area (Å²) in [4.78, 5) is 15.5. The third-order valence-corrected chi connectivity index (χ3v) is 12.9. The molecule has 288 valence electrons. The molecule has 0 N–H and O–H groups in total. The standard InChI is InChI=1S/C58H35N3O/c1-3-15-37(16-4-1)55-44-32-33-49-56(62-52-26-14-12-24-48(52)58(49)46-22-10-7-19-41(46)42-20-8-11-23-47(42)58)53(44)45-35-40(31-34-51(45)59-55)36-27-29-38(30-28-36)54-43-21-9-13-25-50(43)60-57(61-54)39-17-5-2-6-18-39/h1-35H. The molecular weight excluding hydrogens is 755 g/mol. The number of hydrogen-bond acceptors (Lipinski definition) is 4. The summed E-state index contributed by atoms with van der Waals surface area (Å²) >= 11 is 0. The molecule has 0 unspecified atom stereocenters. The van der Waals surface area contributed by atoms with Crippen LogP contribution >= 0.6 is 0 Å². The van der Waals surface area contributed by atoms with E-state index in [1.807, 2.05) is 24.3 Å². The van der Waals surface area contributed by atoms with Crippen LogP contribution in [-0.2, 0) is 5.41 Å². The molecule has 0 amide bonds. The number of rotatable bonds is 4. The highest BCUT2D eigenvalue weighted by Gasteiger charge is 2.51. The third-order valence-electron chi connectivity index (χ3n) is 12.9. The van der Waals surface area contributed by atoms with Crippen LogP contribution in [0, 0.1) is 0 Å². The number of benzene rings is 9. The lowest BCUT2D eigenvalue weighted by Gasteiger charge is -2.40. The minimum atomic E-state index is -0.576. The molecule has 1 aliphatic heterocycles. The van der Waals surface area contributed by atoms with Crippen molar-refractivity contribution < 1.29 is 4.74 Å². The second-order valence-electron chi connectivity index (χ2n) is 16.2. The largest absolute Gasteiger partial charge is 0.456 e. The lowest BCUT2D eigenvalue weighted by atomic mass is 9.65. The fraction of sp³-hybridized carbons (Fsp3) is 0.0172. The van der Waals surface area contributed by atoms with Gasteiger partial charge in [0.05, 0.1) is 27.8 Å². The summed E-state index contributed by atoms with van der Waals surface area (Å²) < 4.78 is 7.25. The number of hydrogen-bond donors (Lipinski definition) is 0. The summed E-state index contributed by atoms with van der Waals surface area (Å²) in [5.74, 6) is 2.45. The number of pyridine rings is 1. The summed E-state index contributed by atoms with van der Waals surface area (Å²) in [6.07, 6.45) is 0. The third kappa shape index (κ3) is 4.98. The Morgan fingerprint density at radius 1 is 0.339 bits per heavy atom. The van der Waals surface area contributed by atoms with Gasteiger partial charge in [-0.3, -0.25) is 0 Å². The zero-order valence-electron chi connectivity index (χ0n) is 33.5. The van der Waals surface area contributed by atoms with Gasteiger partial charge in [0, 0.05) is 49.4 Å². The van der Waals surface area contributed by atoms with Crippen LogP contribution in [0.3, 0.4) is 0 Å². The predicted octanol–water partition coefficient (Wildman–Crippen LogP) is 14.5. The van der Waals surface area contributed by atoms with Crippen LogP contribution < -0.4 is 4.74 Å². The van der Waals surface area contributed by atoms with E-state index < -0.39 is 5.41 Å². The van der Waals surface area contributed by atoms with Crippen molar-refractivity contribution in [1.82, 2.24) is 15.0 Å². The van der Waals surface area contributed by atoms with Gasteiger partial charge < -0.3 is 4.74 Å². The fourth-order valence-electron chi connectivity index (χ4n) is 10.2. The highest BCUT2D eigenvalue weighted by atomic mass is 16.5. The summed E-state index contributed by atoms with van der Waals surface area (Å²) in [7, 11) is 0. The molecule has 0 saturated carbocycles. The zero-order chi connectivity index (χ0) is 40.8. The molecule has 1 aliphatic carbocycles. The molecule has 11 aromatic rings. The molecule has 4 heteroatoms. The van der Waals surface area contributed by atoms with Gasteiger partial charge in [-0.25, -0.2) is 15.0 Å². The highest BCUT2D eigenvalue weighted by Crippen LogP contribution is 2.63. The average Bonchev–Trinajstić information content (AvgIpc) is 3.64. The van der Waals surface area contributed by atoms with Crippen molar-refractivity contribution in [2.45, 2.75) is 5.41 Å². The van der Waals surface area contributed by atoms with Crippen molar-refractivity contribution in [3.05, 3.63) is 235 Å². The van der Waals surface area contributed by atoms with Crippen molar-refractivity contribution in [2.24, 2.45) is 0 Å². The SMILES string of the molecule is c1ccc(-c2nc(-c3ccc(-c4ccc5nc(-c6ccccc6)c6ccc7c(c6c5c4)Oc4ccccc4C74c5ccccc5-c5ccccc54)cc3)c3ccccc3n2)cc1. The quantitative estimate of drug-likeness (QED) is 0.167. The average molecular weight is 790 g/mol. The van der Waals surface area contributed by atoms with Gasteiger partial charge in [0.1, 0.15) is 11.5 Å². The van der Waals surface area contributed by atoms with Gasteiger partial charge in [-0.2, -0.15) is 0 Å². The Hall–Kier alpha value is -8.21. The molecule has 9 aromatic carbocycles. The van der Waals surface area contributed by atoms with Crippen LogP contribution in [0.4, 0.5) is 0 Å². The van der Waals surface area contributed by atoms with E-state index in [1.165, 1.54) is 22.3 Å². The minimum absolute atomic E-state index is 0.576. The molecule has 2 aromatic heterocycles. The van der Waals surface area contributed by atoms with E-state index in [0.29, 0.717) is 5.82 Å². The van der Waals surface area contributed by atoms with Gasteiger partial charge in [0.15, 0.2) is 5.82 Å². The topological polar surface area (TPSA) is 47.9 Å². The Bertz CT molecular complexity index is 3550. The molecule has 0 fully saturated rings. The van der Waals surface area contributed by atoms with Crippen molar-refractivity contribution in [1.29, 1.82) is 0 Å². The van der Waals surface area contributed by atoms with E-state index in [0.717, 1.165) is 94.4 Å². The van der Waals surface area contributed by atoms with Crippen LogP contribution in [0.15, 0.2) is 212 Å².